The second-order valence-electron chi connectivity index (χ2n) is 3.93. The molecule has 100 valence electrons. The molecule has 0 aliphatic carbocycles. The number of aryl methyl sites for hydroxylation is 1. The molecule has 1 aromatic carbocycles. The molecule has 0 atom stereocenters. The van der Waals surface area contributed by atoms with Crippen molar-refractivity contribution < 1.29 is 18.3 Å². The number of benzene rings is 1. The Balaban J connectivity index is 2.73. The highest BCUT2D eigenvalue weighted by Crippen LogP contribution is 2.19. The highest BCUT2D eigenvalue weighted by atomic mass is 19.3. The molecule has 0 saturated carbocycles. The second kappa shape index (κ2) is 5.77. The minimum absolute atomic E-state index is 0.269. The third-order valence-electron chi connectivity index (χ3n) is 2.48. The van der Waals surface area contributed by atoms with Gasteiger partial charge in [0.2, 0.25) is 0 Å². The van der Waals surface area contributed by atoms with Crippen molar-refractivity contribution in [2.24, 2.45) is 5.73 Å². The number of amides is 1. The van der Waals surface area contributed by atoms with Gasteiger partial charge in [-0.3, -0.25) is 4.79 Å². The molecule has 0 radical (unpaired) electrons. The van der Waals surface area contributed by atoms with Gasteiger partial charge in [-0.1, -0.05) is 6.07 Å². The number of hydrogen-bond acceptors (Lipinski definition) is 3. The molecule has 0 unspecified atom stereocenters. The number of nitrogens with two attached hydrogens (primary N) is 1. The van der Waals surface area contributed by atoms with Crippen molar-refractivity contribution >= 4 is 5.91 Å². The predicted octanol–water partition coefficient (Wildman–Crippen LogP) is 1.33. The van der Waals surface area contributed by atoms with E-state index in [1.165, 1.54) is 13.2 Å². The molecule has 1 aromatic rings. The van der Waals surface area contributed by atoms with Crippen LogP contribution >= 0.6 is 0 Å². The fourth-order valence-corrected chi connectivity index (χ4v) is 1.35. The molecule has 0 spiro atoms. The van der Waals surface area contributed by atoms with Crippen LogP contribution in [0.15, 0.2) is 18.2 Å². The van der Waals surface area contributed by atoms with Gasteiger partial charge in [-0.05, 0) is 24.6 Å². The first-order valence-electron chi connectivity index (χ1n) is 5.40. The fraction of sp³-hybridized carbons (Fsp3) is 0.417. The summed E-state index contributed by atoms with van der Waals surface area (Å²) < 4.78 is 30.8. The van der Waals surface area contributed by atoms with Gasteiger partial charge in [0.05, 0.1) is 20.2 Å². The Kier molecular flexibility index (Phi) is 4.61. The second-order valence-corrected chi connectivity index (χ2v) is 3.93. The molecule has 0 aliphatic rings. The van der Waals surface area contributed by atoms with Gasteiger partial charge in [-0.25, -0.2) is 8.78 Å². The lowest BCUT2D eigenvalue weighted by Crippen LogP contribution is -2.41. The zero-order valence-electron chi connectivity index (χ0n) is 10.3. The van der Waals surface area contributed by atoms with Gasteiger partial charge in [0, 0.05) is 5.56 Å². The fourth-order valence-electron chi connectivity index (χ4n) is 1.35. The summed E-state index contributed by atoms with van der Waals surface area (Å²) in [5.74, 6) is -3.14. The van der Waals surface area contributed by atoms with Crippen LogP contribution in [0, 0.1) is 6.92 Å². The molecule has 6 heteroatoms. The van der Waals surface area contributed by atoms with E-state index in [1.807, 2.05) is 6.92 Å². The van der Waals surface area contributed by atoms with Gasteiger partial charge in [-0.15, -0.1) is 0 Å². The van der Waals surface area contributed by atoms with E-state index in [1.54, 1.807) is 12.1 Å². The summed E-state index contributed by atoms with van der Waals surface area (Å²) in [5.41, 5.74) is 6.01. The van der Waals surface area contributed by atoms with Crippen LogP contribution in [0.25, 0.3) is 0 Å². The monoisotopic (exact) mass is 258 g/mol. The number of alkyl halides is 2. The number of hydrogen-bond donors (Lipinski definition) is 2. The Morgan fingerprint density at radius 1 is 1.50 bits per heavy atom. The summed E-state index contributed by atoms with van der Waals surface area (Å²) in [4.78, 5) is 11.6. The molecule has 0 fully saturated rings. The molecular formula is C12H16F2N2O2. The highest BCUT2D eigenvalue weighted by Gasteiger charge is 2.27. The Morgan fingerprint density at radius 2 is 2.17 bits per heavy atom. The van der Waals surface area contributed by atoms with Crippen LogP contribution < -0.4 is 15.8 Å². The van der Waals surface area contributed by atoms with Crippen molar-refractivity contribution in [1.29, 1.82) is 0 Å². The summed E-state index contributed by atoms with van der Waals surface area (Å²) >= 11 is 0. The van der Waals surface area contributed by atoms with Crippen LogP contribution in [0.3, 0.4) is 0 Å². The summed E-state index contributed by atoms with van der Waals surface area (Å²) in [5, 5.41) is 2.14. The molecule has 18 heavy (non-hydrogen) atoms. The van der Waals surface area contributed by atoms with E-state index in [-0.39, 0.29) is 5.56 Å². The highest BCUT2D eigenvalue weighted by molar-refractivity contribution is 5.94. The van der Waals surface area contributed by atoms with Gasteiger partial charge >= 0.3 is 0 Å². The lowest BCUT2D eigenvalue weighted by Gasteiger charge is -2.15. The maximum atomic E-state index is 12.9. The molecule has 4 nitrogen and oxygen atoms in total. The van der Waals surface area contributed by atoms with E-state index >= 15 is 0 Å². The molecule has 0 heterocycles. The van der Waals surface area contributed by atoms with Gasteiger partial charge in [0.1, 0.15) is 5.75 Å². The van der Waals surface area contributed by atoms with Gasteiger partial charge in [0.25, 0.3) is 11.8 Å². The van der Waals surface area contributed by atoms with Crippen molar-refractivity contribution in [3.63, 3.8) is 0 Å². The molecule has 0 aliphatic heterocycles. The summed E-state index contributed by atoms with van der Waals surface area (Å²) in [6.45, 7) is 0.242. The minimum Gasteiger partial charge on any atom is -0.496 e. The molecule has 1 amide bonds. The standard InChI is InChI=1S/C12H16F2N2O2/c1-8-3-4-9(5-10(8)18-2)11(17)16-7-12(13,14)6-15/h3-5H,6-7,15H2,1-2H3,(H,16,17). The third-order valence-corrected chi connectivity index (χ3v) is 2.48. The number of nitrogens with one attached hydrogen (secondary N) is 1. The van der Waals surface area contributed by atoms with Crippen LogP contribution in [-0.4, -0.2) is 32.0 Å². The molecule has 1 rings (SSSR count). The Hall–Kier alpha value is -1.69. The van der Waals surface area contributed by atoms with Crippen molar-refractivity contribution in [3.05, 3.63) is 29.3 Å². The van der Waals surface area contributed by atoms with E-state index < -0.39 is 24.9 Å². The van der Waals surface area contributed by atoms with Crippen molar-refractivity contribution in [1.82, 2.24) is 5.32 Å². The maximum absolute atomic E-state index is 12.9. The lowest BCUT2D eigenvalue weighted by molar-refractivity contribution is 0.0118. The van der Waals surface area contributed by atoms with Crippen molar-refractivity contribution in [2.45, 2.75) is 12.8 Å². The SMILES string of the molecule is COc1cc(C(=O)NCC(F)(F)CN)ccc1C. The van der Waals surface area contributed by atoms with E-state index in [2.05, 4.69) is 5.32 Å². The molecule has 3 N–H and O–H groups in total. The first-order valence-corrected chi connectivity index (χ1v) is 5.40. The van der Waals surface area contributed by atoms with E-state index in [4.69, 9.17) is 10.5 Å². The number of ether oxygens (including phenoxy) is 1. The Morgan fingerprint density at radius 3 is 2.72 bits per heavy atom. The first kappa shape index (κ1) is 14.4. The van der Waals surface area contributed by atoms with Crippen LogP contribution in [-0.2, 0) is 0 Å². The maximum Gasteiger partial charge on any atom is 0.277 e. The predicted molar refractivity (Wildman–Crippen MR) is 64.1 cm³/mol. The van der Waals surface area contributed by atoms with Crippen molar-refractivity contribution in [2.75, 3.05) is 20.2 Å². The number of carbonyl (C=O) groups is 1. The number of carbonyl (C=O) groups excluding carboxylic acids is 1. The molecular weight excluding hydrogens is 242 g/mol. The van der Waals surface area contributed by atoms with Crippen LogP contribution in [0.5, 0.6) is 5.75 Å². The zero-order chi connectivity index (χ0) is 13.8. The first-order chi connectivity index (χ1) is 8.39. The third kappa shape index (κ3) is 3.66. The van der Waals surface area contributed by atoms with Gasteiger partial charge in [0.15, 0.2) is 0 Å². The van der Waals surface area contributed by atoms with Gasteiger partial charge < -0.3 is 15.8 Å². The van der Waals surface area contributed by atoms with E-state index in [0.717, 1.165) is 5.56 Å². The van der Waals surface area contributed by atoms with Crippen LogP contribution in [0.1, 0.15) is 15.9 Å². The topological polar surface area (TPSA) is 64.3 Å². The smallest absolute Gasteiger partial charge is 0.277 e. The quantitative estimate of drug-likeness (QED) is 0.837. The summed E-state index contributed by atoms with van der Waals surface area (Å²) in [6, 6.07) is 4.74. The van der Waals surface area contributed by atoms with Crippen LogP contribution in [0.4, 0.5) is 8.78 Å². The average molecular weight is 258 g/mol. The number of methoxy groups -OCH3 is 1. The Bertz CT molecular complexity index is 436. The molecule has 0 aromatic heterocycles. The largest absolute Gasteiger partial charge is 0.496 e. The van der Waals surface area contributed by atoms with E-state index in [0.29, 0.717) is 5.75 Å². The van der Waals surface area contributed by atoms with Crippen molar-refractivity contribution in [3.8, 4) is 5.75 Å². The summed E-state index contributed by atoms with van der Waals surface area (Å²) in [6.07, 6.45) is 0. The molecule has 0 bridgehead atoms. The van der Waals surface area contributed by atoms with Crippen LogP contribution in [0.2, 0.25) is 0 Å². The Labute approximate surface area is 104 Å². The normalized spacial score (nSPS) is 11.2. The lowest BCUT2D eigenvalue weighted by atomic mass is 10.1. The van der Waals surface area contributed by atoms with E-state index in [9.17, 15) is 13.6 Å². The summed E-state index contributed by atoms with van der Waals surface area (Å²) in [7, 11) is 1.48. The number of rotatable bonds is 5. The van der Waals surface area contributed by atoms with Gasteiger partial charge in [-0.2, -0.15) is 0 Å². The number of halogens is 2. The minimum atomic E-state index is -3.09. The molecule has 0 saturated heterocycles. The average Bonchev–Trinajstić information content (AvgIpc) is 2.36. The zero-order valence-corrected chi connectivity index (χ0v) is 10.3.